The van der Waals surface area contributed by atoms with Crippen molar-refractivity contribution in [1.82, 2.24) is 15.3 Å². The normalized spacial score (nSPS) is 18.1. The molecule has 0 saturated carbocycles. The van der Waals surface area contributed by atoms with Crippen molar-refractivity contribution >= 4 is 28.9 Å². The van der Waals surface area contributed by atoms with Crippen molar-refractivity contribution in [2.24, 2.45) is 5.73 Å². The average molecular weight is 424 g/mol. The Balaban J connectivity index is 1.53. The maximum Gasteiger partial charge on any atom is 0.271 e. The van der Waals surface area contributed by atoms with Crippen LogP contribution >= 0.6 is 0 Å². The van der Waals surface area contributed by atoms with Gasteiger partial charge in [-0.05, 0) is 37.1 Å². The Kier molecular flexibility index (Phi) is 7.19. The van der Waals surface area contributed by atoms with E-state index in [2.05, 4.69) is 37.6 Å². The second-order valence-electron chi connectivity index (χ2n) is 8.31. The summed E-state index contributed by atoms with van der Waals surface area (Å²) in [5.41, 5.74) is 7.79. The average Bonchev–Trinajstić information content (AvgIpc) is 2.94. The third-order valence-corrected chi connectivity index (χ3v) is 6.04. The van der Waals surface area contributed by atoms with Crippen LogP contribution in [0.1, 0.15) is 49.0 Å². The summed E-state index contributed by atoms with van der Waals surface area (Å²) in [7, 11) is 0. The van der Waals surface area contributed by atoms with Crippen LogP contribution < -0.4 is 26.2 Å². The molecule has 1 aromatic carbocycles. The highest BCUT2D eigenvalue weighted by Crippen LogP contribution is 2.25. The van der Waals surface area contributed by atoms with Gasteiger partial charge in [0.15, 0.2) is 11.5 Å². The molecule has 0 atom stereocenters. The summed E-state index contributed by atoms with van der Waals surface area (Å²) in [5.74, 6) is 0.634. The lowest BCUT2D eigenvalue weighted by Gasteiger charge is -2.29. The lowest BCUT2D eigenvalue weighted by Crippen LogP contribution is -2.43. The largest absolute Gasteiger partial charge is 0.369 e. The van der Waals surface area contributed by atoms with E-state index in [-0.39, 0.29) is 5.69 Å². The number of nitrogens with one attached hydrogen (secondary N) is 2. The summed E-state index contributed by atoms with van der Waals surface area (Å²) < 4.78 is 0. The quantitative estimate of drug-likeness (QED) is 0.680. The van der Waals surface area contributed by atoms with Crippen LogP contribution in [0, 0.1) is 0 Å². The Morgan fingerprint density at radius 1 is 0.903 bits per heavy atom. The molecule has 2 saturated heterocycles. The third kappa shape index (κ3) is 5.64. The van der Waals surface area contributed by atoms with Crippen molar-refractivity contribution in [3.05, 3.63) is 36.2 Å². The fourth-order valence-electron chi connectivity index (χ4n) is 4.27. The van der Waals surface area contributed by atoms with Gasteiger partial charge < -0.3 is 26.2 Å². The lowest BCUT2D eigenvalue weighted by atomic mass is 10.1. The number of nitrogens with two attached hydrogens (primary N) is 1. The van der Waals surface area contributed by atoms with Gasteiger partial charge in [-0.25, -0.2) is 9.97 Å². The number of benzene rings is 1. The SMILES string of the molecule is NC(=O)c1ncc(N2CCCCCCCC2)nc1Nc1ccc(N2CCNCC2)cc1. The molecule has 0 unspecified atom stereocenters. The van der Waals surface area contributed by atoms with Gasteiger partial charge in [-0.15, -0.1) is 0 Å². The molecular weight excluding hydrogens is 390 g/mol. The number of rotatable bonds is 5. The number of aromatic nitrogens is 2. The highest BCUT2D eigenvalue weighted by molar-refractivity contribution is 5.96. The Morgan fingerprint density at radius 2 is 1.55 bits per heavy atom. The molecular formula is C23H33N7O. The molecule has 0 bridgehead atoms. The van der Waals surface area contributed by atoms with Gasteiger partial charge in [0.25, 0.3) is 5.91 Å². The Labute approximate surface area is 184 Å². The minimum absolute atomic E-state index is 0.166. The van der Waals surface area contributed by atoms with E-state index in [0.29, 0.717) is 5.82 Å². The summed E-state index contributed by atoms with van der Waals surface area (Å²) in [4.78, 5) is 25.7. The lowest BCUT2D eigenvalue weighted by molar-refractivity contribution is 0.0996. The number of primary amides is 1. The molecule has 4 N–H and O–H groups in total. The van der Waals surface area contributed by atoms with Gasteiger partial charge in [0, 0.05) is 50.6 Å². The van der Waals surface area contributed by atoms with Crippen molar-refractivity contribution in [2.45, 2.75) is 38.5 Å². The van der Waals surface area contributed by atoms with Gasteiger partial charge in [-0.1, -0.05) is 25.7 Å². The zero-order valence-corrected chi connectivity index (χ0v) is 18.1. The molecule has 1 aromatic heterocycles. The van der Waals surface area contributed by atoms with Gasteiger partial charge in [0.1, 0.15) is 5.82 Å². The molecule has 0 spiro atoms. The minimum Gasteiger partial charge on any atom is -0.369 e. The molecule has 8 nitrogen and oxygen atoms in total. The zero-order chi connectivity index (χ0) is 21.5. The predicted molar refractivity (Wildman–Crippen MR) is 125 cm³/mol. The van der Waals surface area contributed by atoms with Gasteiger partial charge in [-0.2, -0.15) is 0 Å². The molecule has 31 heavy (non-hydrogen) atoms. The molecule has 8 heteroatoms. The van der Waals surface area contributed by atoms with E-state index in [1.807, 2.05) is 12.1 Å². The minimum atomic E-state index is -0.580. The summed E-state index contributed by atoms with van der Waals surface area (Å²) in [6.07, 6.45) is 9.07. The monoisotopic (exact) mass is 423 g/mol. The Bertz CT molecular complexity index is 855. The van der Waals surface area contributed by atoms with E-state index in [0.717, 1.165) is 63.6 Å². The number of carbonyl (C=O) groups excluding carboxylic acids is 1. The van der Waals surface area contributed by atoms with Gasteiger partial charge in [0.2, 0.25) is 0 Å². The van der Waals surface area contributed by atoms with Crippen LogP contribution in [0.25, 0.3) is 0 Å². The van der Waals surface area contributed by atoms with Crippen LogP contribution in [0.15, 0.2) is 30.5 Å². The third-order valence-electron chi connectivity index (χ3n) is 6.04. The number of hydrogen-bond donors (Lipinski definition) is 3. The van der Waals surface area contributed by atoms with Gasteiger partial charge in [0.05, 0.1) is 6.20 Å². The maximum atomic E-state index is 12.0. The molecule has 0 radical (unpaired) electrons. The summed E-state index contributed by atoms with van der Waals surface area (Å²) >= 11 is 0. The van der Waals surface area contributed by atoms with Crippen LogP contribution in [0.3, 0.4) is 0 Å². The zero-order valence-electron chi connectivity index (χ0n) is 18.1. The standard InChI is InChI=1S/C23H33N7O/c24-22(31)21-23(27-18-7-9-19(10-8-18)29-15-11-25-12-16-29)28-20(17-26-21)30-13-5-3-1-2-4-6-14-30/h7-10,17,25H,1-6,11-16H2,(H2,24,31)(H,27,28). The molecule has 4 rings (SSSR count). The van der Waals surface area contributed by atoms with Crippen LogP contribution in [0.2, 0.25) is 0 Å². The van der Waals surface area contributed by atoms with Crippen molar-refractivity contribution in [1.29, 1.82) is 0 Å². The first kappa shape index (κ1) is 21.4. The predicted octanol–water partition coefficient (Wildman–Crippen LogP) is 2.89. The van der Waals surface area contributed by atoms with E-state index in [1.54, 1.807) is 6.20 Å². The smallest absolute Gasteiger partial charge is 0.271 e. The van der Waals surface area contributed by atoms with E-state index < -0.39 is 5.91 Å². The Morgan fingerprint density at radius 3 is 2.19 bits per heavy atom. The van der Waals surface area contributed by atoms with Crippen molar-refractivity contribution in [3.8, 4) is 0 Å². The van der Waals surface area contributed by atoms with Crippen LogP contribution in [-0.4, -0.2) is 55.1 Å². The van der Waals surface area contributed by atoms with Crippen LogP contribution in [0.4, 0.5) is 23.0 Å². The first-order valence-electron chi connectivity index (χ1n) is 11.5. The molecule has 1 amide bonds. The van der Waals surface area contributed by atoms with Crippen molar-refractivity contribution < 1.29 is 4.79 Å². The van der Waals surface area contributed by atoms with Gasteiger partial charge in [-0.3, -0.25) is 4.79 Å². The highest BCUT2D eigenvalue weighted by atomic mass is 16.1. The highest BCUT2D eigenvalue weighted by Gasteiger charge is 2.17. The molecule has 2 aliphatic rings. The molecule has 2 fully saturated rings. The van der Waals surface area contributed by atoms with Crippen molar-refractivity contribution in [2.75, 3.05) is 54.4 Å². The van der Waals surface area contributed by atoms with E-state index >= 15 is 0 Å². The number of amides is 1. The number of carbonyl (C=O) groups is 1. The first-order chi connectivity index (χ1) is 15.2. The first-order valence-corrected chi connectivity index (χ1v) is 11.5. The second kappa shape index (κ2) is 10.4. The molecule has 166 valence electrons. The van der Waals surface area contributed by atoms with Crippen LogP contribution in [-0.2, 0) is 0 Å². The van der Waals surface area contributed by atoms with E-state index in [4.69, 9.17) is 10.7 Å². The fraction of sp³-hybridized carbons (Fsp3) is 0.522. The summed E-state index contributed by atoms with van der Waals surface area (Å²) in [6.45, 7) is 5.93. The van der Waals surface area contributed by atoms with Gasteiger partial charge >= 0.3 is 0 Å². The Hall–Kier alpha value is -2.87. The fourth-order valence-corrected chi connectivity index (χ4v) is 4.27. The second-order valence-corrected chi connectivity index (χ2v) is 8.31. The topological polar surface area (TPSA) is 99.4 Å². The van der Waals surface area contributed by atoms with Crippen molar-refractivity contribution in [3.63, 3.8) is 0 Å². The number of anilines is 4. The summed E-state index contributed by atoms with van der Waals surface area (Å²) in [6, 6.07) is 8.21. The molecule has 0 aliphatic carbocycles. The van der Waals surface area contributed by atoms with E-state index in [9.17, 15) is 4.79 Å². The maximum absolute atomic E-state index is 12.0. The number of hydrogen-bond acceptors (Lipinski definition) is 7. The van der Waals surface area contributed by atoms with Crippen LogP contribution in [0.5, 0.6) is 0 Å². The number of piperazine rings is 1. The van der Waals surface area contributed by atoms with E-state index in [1.165, 1.54) is 31.4 Å². The summed E-state index contributed by atoms with van der Waals surface area (Å²) in [5, 5.41) is 6.64. The molecule has 3 heterocycles. The molecule has 2 aliphatic heterocycles. The number of nitrogens with zero attached hydrogens (tertiary/aromatic N) is 4. The molecule has 2 aromatic rings.